The number of aryl methyl sites for hydroxylation is 1. The summed E-state index contributed by atoms with van der Waals surface area (Å²) in [5.41, 5.74) is 1.27. The highest BCUT2D eigenvalue weighted by atomic mass is 16.6. The zero-order valence-corrected chi connectivity index (χ0v) is 18.1. The number of para-hydroxylation sites is 2. The van der Waals surface area contributed by atoms with Gasteiger partial charge in [-0.25, -0.2) is 4.79 Å². The fourth-order valence-electron chi connectivity index (χ4n) is 3.28. The van der Waals surface area contributed by atoms with Gasteiger partial charge in [-0.1, -0.05) is 29.8 Å². The molecule has 0 spiro atoms. The van der Waals surface area contributed by atoms with Gasteiger partial charge >= 0.3 is 6.09 Å². The summed E-state index contributed by atoms with van der Waals surface area (Å²) in [6.07, 6.45) is 0.885. The first-order valence-corrected chi connectivity index (χ1v) is 10.3. The zero-order valence-electron chi connectivity index (χ0n) is 18.1. The summed E-state index contributed by atoms with van der Waals surface area (Å²) in [5, 5.41) is 3.00. The molecule has 160 valence electrons. The first kappa shape index (κ1) is 21.7. The lowest BCUT2D eigenvalue weighted by Crippen LogP contribution is -2.43. The van der Waals surface area contributed by atoms with Crippen molar-refractivity contribution in [1.82, 2.24) is 4.90 Å². The Kier molecular flexibility index (Phi) is 6.65. The molecule has 2 aromatic rings. The standard InChI is InChI=1S/C24H30N2O4/c1-17-9-11-19(12-10-17)29-21-8-6-5-7-20(21)25-22(27)18-13-15-26(16-14-18)23(28)30-24(2,3)4/h5-12,18H,13-16H2,1-4H3,(H,25,27). The Morgan fingerprint density at radius 1 is 1.00 bits per heavy atom. The van der Waals surface area contributed by atoms with Gasteiger partial charge in [0.2, 0.25) is 5.91 Å². The number of rotatable bonds is 4. The van der Waals surface area contributed by atoms with E-state index in [-0.39, 0.29) is 17.9 Å². The number of nitrogens with one attached hydrogen (secondary N) is 1. The van der Waals surface area contributed by atoms with Crippen LogP contribution in [-0.4, -0.2) is 35.6 Å². The molecule has 0 atom stereocenters. The second-order valence-corrected chi connectivity index (χ2v) is 8.64. The highest BCUT2D eigenvalue weighted by Crippen LogP contribution is 2.30. The number of carbonyl (C=O) groups is 2. The lowest BCUT2D eigenvalue weighted by molar-refractivity contribution is -0.121. The molecule has 0 saturated carbocycles. The SMILES string of the molecule is Cc1ccc(Oc2ccccc2NC(=O)C2CCN(C(=O)OC(C)(C)C)CC2)cc1. The summed E-state index contributed by atoms with van der Waals surface area (Å²) in [5.74, 6) is 1.10. The van der Waals surface area contributed by atoms with Crippen LogP contribution in [0.5, 0.6) is 11.5 Å². The number of benzene rings is 2. The second kappa shape index (κ2) is 9.20. The number of carbonyl (C=O) groups excluding carboxylic acids is 2. The topological polar surface area (TPSA) is 67.9 Å². The average molecular weight is 411 g/mol. The molecule has 2 amide bonds. The van der Waals surface area contributed by atoms with E-state index in [1.807, 2.05) is 76.2 Å². The van der Waals surface area contributed by atoms with Crippen molar-refractivity contribution < 1.29 is 19.1 Å². The normalized spacial score (nSPS) is 14.9. The Morgan fingerprint density at radius 3 is 2.27 bits per heavy atom. The quantitative estimate of drug-likeness (QED) is 0.735. The molecule has 1 N–H and O–H groups in total. The summed E-state index contributed by atoms with van der Waals surface area (Å²) >= 11 is 0. The number of hydrogen-bond acceptors (Lipinski definition) is 4. The zero-order chi connectivity index (χ0) is 21.7. The summed E-state index contributed by atoms with van der Waals surface area (Å²) < 4.78 is 11.4. The van der Waals surface area contributed by atoms with Crippen LogP contribution in [0.4, 0.5) is 10.5 Å². The molecule has 0 radical (unpaired) electrons. The molecule has 1 fully saturated rings. The smallest absolute Gasteiger partial charge is 0.410 e. The number of ether oxygens (including phenoxy) is 2. The summed E-state index contributed by atoms with van der Waals surface area (Å²) in [6, 6.07) is 15.2. The Balaban J connectivity index is 1.58. The summed E-state index contributed by atoms with van der Waals surface area (Å²) in [6.45, 7) is 8.58. The lowest BCUT2D eigenvalue weighted by Gasteiger charge is -2.33. The predicted molar refractivity (Wildman–Crippen MR) is 117 cm³/mol. The minimum atomic E-state index is -0.521. The lowest BCUT2D eigenvalue weighted by atomic mass is 9.96. The summed E-state index contributed by atoms with van der Waals surface area (Å²) in [4.78, 5) is 26.7. The van der Waals surface area contributed by atoms with Crippen molar-refractivity contribution >= 4 is 17.7 Å². The van der Waals surface area contributed by atoms with Crippen molar-refractivity contribution in [3.8, 4) is 11.5 Å². The third kappa shape index (κ3) is 5.99. The molecule has 0 unspecified atom stereocenters. The third-order valence-electron chi connectivity index (χ3n) is 4.91. The van der Waals surface area contributed by atoms with Gasteiger partial charge in [0, 0.05) is 19.0 Å². The monoisotopic (exact) mass is 410 g/mol. The van der Waals surface area contributed by atoms with E-state index in [0.29, 0.717) is 43.1 Å². The van der Waals surface area contributed by atoms with Crippen LogP contribution in [0.1, 0.15) is 39.2 Å². The van der Waals surface area contributed by atoms with E-state index < -0.39 is 5.60 Å². The van der Waals surface area contributed by atoms with E-state index in [2.05, 4.69) is 5.32 Å². The molecule has 0 aromatic heterocycles. The van der Waals surface area contributed by atoms with Crippen LogP contribution in [0.3, 0.4) is 0 Å². The van der Waals surface area contributed by atoms with Crippen molar-refractivity contribution in [2.24, 2.45) is 5.92 Å². The fourth-order valence-corrected chi connectivity index (χ4v) is 3.28. The van der Waals surface area contributed by atoms with Gasteiger partial charge in [-0.15, -0.1) is 0 Å². The number of piperidine rings is 1. The highest BCUT2D eigenvalue weighted by Gasteiger charge is 2.30. The summed E-state index contributed by atoms with van der Waals surface area (Å²) in [7, 11) is 0. The highest BCUT2D eigenvalue weighted by molar-refractivity contribution is 5.94. The molecule has 2 aromatic carbocycles. The second-order valence-electron chi connectivity index (χ2n) is 8.64. The maximum atomic E-state index is 12.8. The molecule has 30 heavy (non-hydrogen) atoms. The molecule has 1 heterocycles. The number of likely N-dealkylation sites (tertiary alicyclic amines) is 1. The largest absolute Gasteiger partial charge is 0.455 e. The van der Waals surface area contributed by atoms with Crippen LogP contribution in [0, 0.1) is 12.8 Å². The minimum absolute atomic E-state index is 0.0567. The molecular formula is C24H30N2O4. The number of nitrogens with zero attached hydrogens (tertiary/aromatic N) is 1. The molecule has 1 aliphatic rings. The molecule has 1 saturated heterocycles. The maximum Gasteiger partial charge on any atom is 0.410 e. The van der Waals surface area contributed by atoms with Gasteiger partial charge in [-0.05, 0) is 64.8 Å². The Morgan fingerprint density at radius 2 is 1.63 bits per heavy atom. The van der Waals surface area contributed by atoms with Crippen LogP contribution in [0.2, 0.25) is 0 Å². The van der Waals surface area contributed by atoms with E-state index >= 15 is 0 Å². The van der Waals surface area contributed by atoms with Crippen molar-refractivity contribution in [2.75, 3.05) is 18.4 Å². The van der Waals surface area contributed by atoms with E-state index in [1.165, 1.54) is 0 Å². The van der Waals surface area contributed by atoms with Crippen LogP contribution < -0.4 is 10.1 Å². The Bertz CT molecular complexity index is 879. The number of hydrogen-bond donors (Lipinski definition) is 1. The molecule has 0 bridgehead atoms. The van der Waals surface area contributed by atoms with Gasteiger partial charge in [0.05, 0.1) is 5.69 Å². The van der Waals surface area contributed by atoms with Gasteiger partial charge in [-0.2, -0.15) is 0 Å². The molecule has 0 aliphatic carbocycles. The number of anilines is 1. The van der Waals surface area contributed by atoms with Crippen molar-refractivity contribution in [1.29, 1.82) is 0 Å². The van der Waals surface area contributed by atoms with Crippen molar-refractivity contribution in [2.45, 2.75) is 46.1 Å². The van der Waals surface area contributed by atoms with E-state index in [9.17, 15) is 9.59 Å². The van der Waals surface area contributed by atoms with Gasteiger partial charge < -0.3 is 19.7 Å². The van der Waals surface area contributed by atoms with E-state index in [0.717, 1.165) is 5.56 Å². The van der Waals surface area contributed by atoms with Gasteiger partial charge in [0.1, 0.15) is 11.4 Å². The van der Waals surface area contributed by atoms with Crippen LogP contribution in [0.25, 0.3) is 0 Å². The van der Waals surface area contributed by atoms with Crippen LogP contribution >= 0.6 is 0 Å². The molecule has 1 aliphatic heterocycles. The maximum absolute atomic E-state index is 12.8. The third-order valence-corrected chi connectivity index (χ3v) is 4.91. The van der Waals surface area contributed by atoms with E-state index in [4.69, 9.17) is 9.47 Å². The Hall–Kier alpha value is -3.02. The predicted octanol–water partition coefficient (Wildman–Crippen LogP) is 5.37. The molecule has 6 heteroatoms. The molecule has 3 rings (SSSR count). The average Bonchev–Trinajstić information content (AvgIpc) is 2.70. The minimum Gasteiger partial charge on any atom is -0.455 e. The Labute approximate surface area is 178 Å². The van der Waals surface area contributed by atoms with Gasteiger partial charge in [0.15, 0.2) is 5.75 Å². The first-order chi connectivity index (χ1) is 14.2. The number of amides is 2. The molecule has 6 nitrogen and oxygen atoms in total. The fraction of sp³-hybridized carbons (Fsp3) is 0.417. The van der Waals surface area contributed by atoms with Crippen LogP contribution in [-0.2, 0) is 9.53 Å². The van der Waals surface area contributed by atoms with E-state index in [1.54, 1.807) is 4.90 Å². The molecular weight excluding hydrogens is 380 g/mol. The van der Waals surface area contributed by atoms with Crippen LogP contribution in [0.15, 0.2) is 48.5 Å². The van der Waals surface area contributed by atoms with Crippen molar-refractivity contribution in [3.05, 3.63) is 54.1 Å². The first-order valence-electron chi connectivity index (χ1n) is 10.3. The van der Waals surface area contributed by atoms with Crippen molar-refractivity contribution in [3.63, 3.8) is 0 Å². The van der Waals surface area contributed by atoms with Gasteiger partial charge in [-0.3, -0.25) is 4.79 Å². The van der Waals surface area contributed by atoms with Gasteiger partial charge in [0.25, 0.3) is 0 Å².